The van der Waals surface area contributed by atoms with Crippen molar-refractivity contribution in [2.24, 2.45) is 0 Å². The van der Waals surface area contributed by atoms with Crippen LogP contribution in [0.25, 0.3) is 0 Å². The molecule has 2 aromatic rings. The quantitative estimate of drug-likeness (QED) is 0.638. The molecule has 0 bridgehead atoms. The highest BCUT2D eigenvalue weighted by Crippen LogP contribution is 2.11. The van der Waals surface area contributed by atoms with Gasteiger partial charge in [0.15, 0.2) is 0 Å². The second-order valence-corrected chi connectivity index (χ2v) is 7.78. The number of rotatable bonds is 9. The maximum atomic E-state index is 12.0. The number of anilines is 1. The van der Waals surface area contributed by atoms with Gasteiger partial charge >= 0.3 is 5.97 Å². The van der Waals surface area contributed by atoms with Crippen LogP contribution in [0.1, 0.15) is 22.3 Å². The number of methoxy groups -OCH3 is 1. The third kappa shape index (κ3) is 7.20. The molecule has 144 valence electrons. The Bertz CT molecular complexity index is 882. The van der Waals surface area contributed by atoms with Gasteiger partial charge in [-0.1, -0.05) is 36.4 Å². The summed E-state index contributed by atoms with van der Waals surface area (Å²) in [6.07, 6.45) is 1.11. The average molecular weight is 390 g/mol. The third-order valence-electron chi connectivity index (χ3n) is 3.74. The van der Waals surface area contributed by atoms with Crippen molar-refractivity contribution in [3.8, 4) is 0 Å². The molecule has 0 fully saturated rings. The Labute approximate surface area is 158 Å². The highest BCUT2D eigenvalue weighted by Gasteiger charge is 2.13. The molecule has 0 saturated carbocycles. The van der Waals surface area contributed by atoms with E-state index in [1.54, 1.807) is 18.2 Å². The van der Waals surface area contributed by atoms with Crippen molar-refractivity contribution >= 4 is 27.6 Å². The van der Waals surface area contributed by atoms with Crippen LogP contribution in [0, 0.1) is 0 Å². The van der Waals surface area contributed by atoms with Gasteiger partial charge in [-0.25, -0.2) is 17.9 Å². The Hall–Kier alpha value is -2.71. The molecule has 7 nitrogen and oxygen atoms in total. The molecular weight excluding hydrogens is 368 g/mol. The van der Waals surface area contributed by atoms with Crippen molar-refractivity contribution in [2.75, 3.05) is 24.7 Å². The van der Waals surface area contributed by atoms with Gasteiger partial charge < -0.3 is 10.1 Å². The van der Waals surface area contributed by atoms with Gasteiger partial charge in [0.1, 0.15) is 0 Å². The van der Waals surface area contributed by atoms with Crippen LogP contribution in [0.5, 0.6) is 0 Å². The monoisotopic (exact) mass is 390 g/mol. The van der Waals surface area contributed by atoms with Crippen LogP contribution in [0.3, 0.4) is 0 Å². The zero-order valence-electron chi connectivity index (χ0n) is 15.0. The van der Waals surface area contributed by atoms with E-state index < -0.39 is 21.9 Å². The first-order chi connectivity index (χ1) is 12.9. The number of benzene rings is 2. The van der Waals surface area contributed by atoms with E-state index in [9.17, 15) is 18.0 Å². The topological polar surface area (TPSA) is 102 Å². The van der Waals surface area contributed by atoms with Crippen LogP contribution in [-0.2, 0) is 26.0 Å². The fourth-order valence-electron chi connectivity index (χ4n) is 2.41. The Kier molecular flexibility index (Phi) is 7.51. The molecule has 0 aliphatic carbocycles. The molecule has 0 aromatic heterocycles. The summed E-state index contributed by atoms with van der Waals surface area (Å²) in [6, 6.07) is 15.8. The summed E-state index contributed by atoms with van der Waals surface area (Å²) in [5.74, 6) is -1.11. The molecule has 2 rings (SSSR count). The zero-order chi connectivity index (χ0) is 19.7. The molecule has 0 heterocycles. The number of nitrogens with one attached hydrogen (secondary N) is 2. The zero-order valence-corrected chi connectivity index (χ0v) is 15.8. The summed E-state index contributed by atoms with van der Waals surface area (Å²) < 4.78 is 30.9. The molecule has 1 amide bonds. The van der Waals surface area contributed by atoms with Crippen molar-refractivity contribution in [1.82, 2.24) is 4.72 Å². The van der Waals surface area contributed by atoms with Gasteiger partial charge in [-0.3, -0.25) is 4.79 Å². The molecule has 27 heavy (non-hydrogen) atoms. The lowest BCUT2D eigenvalue weighted by molar-refractivity contribution is -0.115. The Morgan fingerprint density at radius 2 is 1.78 bits per heavy atom. The molecule has 0 atom stereocenters. The first-order valence-electron chi connectivity index (χ1n) is 8.39. The van der Waals surface area contributed by atoms with E-state index in [2.05, 4.69) is 14.8 Å². The Morgan fingerprint density at radius 3 is 2.48 bits per heavy atom. The van der Waals surface area contributed by atoms with Crippen molar-refractivity contribution in [3.63, 3.8) is 0 Å². The van der Waals surface area contributed by atoms with E-state index in [1.165, 1.54) is 13.2 Å². The number of esters is 1. The van der Waals surface area contributed by atoms with Gasteiger partial charge in [0.2, 0.25) is 15.9 Å². The first kappa shape index (κ1) is 20.6. The largest absolute Gasteiger partial charge is 0.465 e. The fourth-order valence-corrected chi connectivity index (χ4v) is 3.43. The molecule has 2 aromatic carbocycles. The highest BCUT2D eigenvalue weighted by molar-refractivity contribution is 7.89. The van der Waals surface area contributed by atoms with Gasteiger partial charge in [-0.2, -0.15) is 0 Å². The lowest BCUT2D eigenvalue weighted by Crippen LogP contribution is -2.34. The van der Waals surface area contributed by atoms with Gasteiger partial charge in [0, 0.05) is 5.69 Å². The molecule has 0 aliphatic rings. The molecule has 2 N–H and O–H groups in total. The summed E-state index contributed by atoms with van der Waals surface area (Å²) in [4.78, 5) is 23.4. The SMILES string of the molecule is COC(=O)c1cccc(NC(=O)CNS(=O)(=O)CCCc2ccccc2)c1. The minimum atomic E-state index is -3.55. The lowest BCUT2D eigenvalue weighted by Gasteiger charge is -2.09. The number of carbonyl (C=O) groups excluding carboxylic acids is 2. The summed E-state index contributed by atoms with van der Waals surface area (Å²) in [6.45, 7) is -0.379. The van der Waals surface area contributed by atoms with Crippen LogP contribution in [0.15, 0.2) is 54.6 Å². The number of sulfonamides is 1. The van der Waals surface area contributed by atoms with E-state index in [0.29, 0.717) is 18.5 Å². The molecule has 8 heteroatoms. The van der Waals surface area contributed by atoms with Crippen LogP contribution in [0.2, 0.25) is 0 Å². The Balaban J connectivity index is 1.79. The van der Waals surface area contributed by atoms with Crippen LogP contribution >= 0.6 is 0 Å². The van der Waals surface area contributed by atoms with Crippen molar-refractivity contribution in [2.45, 2.75) is 12.8 Å². The molecular formula is C19H22N2O5S. The molecule has 0 saturated heterocycles. The third-order valence-corrected chi connectivity index (χ3v) is 5.15. The number of ether oxygens (including phenoxy) is 1. The molecule has 0 spiro atoms. The highest BCUT2D eigenvalue weighted by atomic mass is 32.2. The summed E-state index contributed by atoms with van der Waals surface area (Å²) in [5, 5.41) is 2.54. The fraction of sp³-hybridized carbons (Fsp3) is 0.263. The van der Waals surface area contributed by atoms with E-state index >= 15 is 0 Å². The second kappa shape index (κ2) is 9.84. The predicted octanol–water partition coefficient (Wildman–Crippen LogP) is 1.96. The smallest absolute Gasteiger partial charge is 0.337 e. The van der Waals surface area contributed by atoms with Gasteiger partial charge in [0.25, 0.3) is 0 Å². The number of carbonyl (C=O) groups is 2. The van der Waals surface area contributed by atoms with E-state index in [-0.39, 0.29) is 17.9 Å². The van der Waals surface area contributed by atoms with Crippen molar-refractivity contribution in [3.05, 3.63) is 65.7 Å². The molecule has 0 unspecified atom stereocenters. The lowest BCUT2D eigenvalue weighted by atomic mass is 10.1. The summed E-state index contributed by atoms with van der Waals surface area (Å²) >= 11 is 0. The maximum Gasteiger partial charge on any atom is 0.337 e. The van der Waals surface area contributed by atoms with E-state index in [4.69, 9.17) is 0 Å². The minimum absolute atomic E-state index is 0.0625. The van der Waals surface area contributed by atoms with Crippen molar-refractivity contribution in [1.29, 1.82) is 0 Å². The first-order valence-corrected chi connectivity index (χ1v) is 10.0. The summed E-state index contributed by atoms with van der Waals surface area (Å²) in [5.41, 5.74) is 1.74. The molecule has 0 radical (unpaired) electrons. The van der Waals surface area contributed by atoms with Crippen LogP contribution < -0.4 is 10.0 Å². The Morgan fingerprint density at radius 1 is 1.04 bits per heavy atom. The maximum absolute atomic E-state index is 12.0. The number of aryl methyl sites for hydroxylation is 1. The minimum Gasteiger partial charge on any atom is -0.465 e. The summed E-state index contributed by atoms with van der Waals surface area (Å²) in [7, 11) is -2.29. The van der Waals surface area contributed by atoms with E-state index in [0.717, 1.165) is 5.56 Å². The molecule has 0 aliphatic heterocycles. The van der Waals surface area contributed by atoms with Crippen molar-refractivity contribution < 1.29 is 22.7 Å². The number of amides is 1. The second-order valence-electron chi connectivity index (χ2n) is 5.85. The number of hydrogen-bond acceptors (Lipinski definition) is 5. The predicted molar refractivity (Wildman–Crippen MR) is 103 cm³/mol. The standard InChI is InChI=1S/C19H22N2O5S/c1-26-19(23)16-10-5-11-17(13-16)21-18(22)14-20-27(24,25)12-6-9-15-7-3-2-4-8-15/h2-5,7-8,10-11,13,20H,6,9,12,14H2,1H3,(H,21,22). The van der Waals surface area contributed by atoms with Gasteiger partial charge in [0.05, 0.1) is 25.0 Å². The van der Waals surface area contributed by atoms with Crippen LogP contribution in [0.4, 0.5) is 5.69 Å². The van der Waals surface area contributed by atoms with Crippen LogP contribution in [-0.4, -0.2) is 39.7 Å². The normalized spacial score (nSPS) is 11.0. The van der Waals surface area contributed by atoms with Gasteiger partial charge in [-0.05, 0) is 36.6 Å². The van der Waals surface area contributed by atoms with Gasteiger partial charge in [-0.15, -0.1) is 0 Å². The average Bonchev–Trinajstić information content (AvgIpc) is 2.67. The van der Waals surface area contributed by atoms with E-state index in [1.807, 2.05) is 30.3 Å². The number of hydrogen-bond donors (Lipinski definition) is 2.